The summed E-state index contributed by atoms with van der Waals surface area (Å²) in [4.78, 5) is 0. The van der Waals surface area contributed by atoms with E-state index in [1.807, 2.05) is 24.3 Å². The lowest BCUT2D eigenvalue weighted by atomic mass is 10.3. The predicted octanol–water partition coefficient (Wildman–Crippen LogP) is 1.77. The molecule has 17 heavy (non-hydrogen) atoms. The Balaban J connectivity index is 2.22. The quantitative estimate of drug-likeness (QED) is 0.664. The SMILES string of the molecule is CCCNCc1nnnn1-c1ccccc1I. The van der Waals surface area contributed by atoms with Gasteiger partial charge in [-0.15, -0.1) is 5.10 Å². The minimum absolute atomic E-state index is 0.686. The number of hydrogen-bond acceptors (Lipinski definition) is 4. The average Bonchev–Trinajstić information content (AvgIpc) is 2.78. The van der Waals surface area contributed by atoms with Gasteiger partial charge in [0.25, 0.3) is 0 Å². The van der Waals surface area contributed by atoms with E-state index in [0.717, 1.165) is 28.0 Å². The first kappa shape index (κ1) is 12.4. The van der Waals surface area contributed by atoms with Gasteiger partial charge in [-0.1, -0.05) is 19.1 Å². The van der Waals surface area contributed by atoms with Gasteiger partial charge in [-0.3, -0.25) is 0 Å². The van der Waals surface area contributed by atoms with Crippen molar-refractivity contribution < 1.29 is 0 Å². The second kappa shape index (κ2) is 6.06. The lowest BCUT2D eigenvalue weighted by Crippen LogP contribution is -2.18. The Bertz CT molecular complexity index is 482. The van der Waals surface area contributed by atoms with Gasteiger partial charge >= 0.3 is 0 Å². The maximum Gasteiger partial charge on any atom is 0.170 e. The van der Waals surface area contributed by atoms with Crippen LogP contribution in [0.3, 0.4) is 0 Å². The van der Waals surface area contributed by atoms with E-state index in [0.29, 0.717) is 6.54 Å². The number of hydrogen-bond donors (Lipinski definition) is 1. The zero-order valence-electron chi connectivity index (χ0n) is 9.60. The van der Waals surface area contributed by atoms with Gasteiger partial charge in [0.2, 0.25) is 0 Å². The normalized spacial score (nSPS) is 10.7. The van der Waals surface area contributed by atoms with Gasteiger partial charge in [-0.05, 0) is 58.1 Å². The molecule has 1 heterocycles. The van der Waals surface area contributed by atoms with E-state index in [1.165, 1.54) is 0 Å². The van der Waals surface area contributed by atoms with Gasteiger partial charge in [0, 0.05) is 3.57 Å². The van der Waals surface area contributed by atoms with Crippen LogP contribution in [0.1, 0.15) is 19.2 Å². The maximum atomic E-state index is 4.04. The van der Waals surface area contributed by atoms with Crippen LogP contribution in [0.4, 0.5) is 0 Å². The van der Waals surface area contributed by atoms with Crippen molar-refractivity contribution in [3.05, 3.63) is 33.7 Å². The van der Waals surface area contributed by atoms with E-state index in [2.05, 4.69) is 50.4 Å². The van der Waals surface area contributed by atoms with Gasteiger partial charge in [0.05, 0.1) is 12.2 Å². The third-order valence-corrected chi connectivity index (χ3v) is 3.24. The predicted molar refractivity (Wildman–Crippen MR) is 73.9 cm³/mol. The summed E-state index contributed by atoms with van der Waals surface area (Å²) >= 11 is 2.29. The van der Waals surface area contributed by atoms with E-state index in [-0.39, 0.29) is 0 Å². The molecule has 2 aromatic rings. The second-order valence-electron chi connectivity index (χ2n) is 3.64. The van der Waals surface area contributed by atoms with E-state index >= 15 is 0 Å². The van der Waals surface area contributed by atoms with Crippen molar-refractivity contribution in [2.75, 3.05) is 6.54 Å². The molecule has 0 fully saturated rings. The maximum absolute atomic E-state index is 4.04. The molecule has 0 saturated carbocycles. The standard InChI is InChI=1S/C11H14IN5/c1-2-7-13-8-11-14-15-16-17(11)10-6-4-3-5-9(10)12/h3-6,13H,2,7-8H2,1H3. The number of benzene rings is 1. The highest BCUT2D eigenvalue weighted by Gasteiger charge is 2.09. The van der Waals surface area contributed by atoms with E-state index in [4.69, 9.17) is 0 Å². The van der Waals surface area contributed by atoms with Crippen LogP contribution in [0.2, 0.25) is 0 Å². The number of halogens is 1. The van der Waals surface area contributed by atoms with Crippen molar-refractivity contribution in [2.24, 2.45) is 0 Å². The molecular weight excluding hydrogens is 329 g/mol. The molecule has 1 N–H and O–H groups in total. The summed E-state index contributed by atoms with van der Waals surface area (Å²) in [5.41, 5.74) is 1.02. The van der Waals surface area contributed by atoms with Crippen LogP contribution in [-0.2, 0) is 6.54 Å². The number of aromatic nitrogens is 4. The number of nitrogens with one attached hydrogen (secondary N) is 1. The number of tetrazole rings is 1. The molecule has 0 aliphatic heterocycles. The zero-order valence-corrected chi connectivity index (χ0v) is 11.8. The Morgan fingerprint density at radius 2 is 2.18 bits per heavy atom. The summed E-state index contributed by atoms with van der Waals surface area (Å²) < 4.78 is 2.92. The summed E-state index contributed by atoms with van der Waals surface area (Å²) in [6, 6.07) is 8.05. The van der Waals surface area contributed by atoms with Gasteiger partial charge in [-0.2, -0.15) is 4.68 Å². The Kier molecular flexibility index (Phi) is 4.43. The second-order valence-corrected chi connectivity index (χ2v) is 4.80. The molecule has 90 valence electrons. The van der Waals surface area contributed by atoms with E-state index < -0.39 is 0 Å². The minimum atomic E-state index is 0.686. The highest BCUT2D eigenvalue weighted by atomic mass is 127. The lowest BCUT2D eigenvalue weighted by Gasteiger charge is -2.06. The molecule has 0 radical (unpaired) electrons. The molecule has 5 nitrogen and oxygen atoms in total. The Hall–Kier alpha value is -1.02. The molecule has 6 heteroatoms. The van der Waals surface area contributed by atoms with Crippen molar-refractivity contribution >= 4 is 22.6 Å². The van der Waals surface area contributed by atoms with E-state index in [9.17, 15) is 0 Å². The zero-order chi connectivity index (χ0) is 12.1. The van der Waals surface area contributed by atoms with Crippen molar-refractivity contribution in [3.63, 3.8) is 0 Å². The van der Waals surface area contributed by atoms with Crippen LogP contribution in [0, 0.1) is 3.57 Å². The Morgan fingerprint density at radius 3 is 2.94 bits per heavy atom. The molecule has 0 amide bonds. The molecule has 0 aliphatic carbocycles. The van der Waals surface area contributed by atoms with Gasteiger partial charge in [-0.25, -0.2) is 0 Å². The van der Waals surface area contributed by atoms with Crippen LogP contribution in [0.25, 0.3) is 5.69 Å². The number of para-hydroxylation sites is 1. The Labute approximate surface area is 114 Å². The molecular formula is C11H14IN5. The summed E-state index contributed by atoms with van der Waals surface area (Å²) in [5, 5.41) is 15.1. The fourth-order valence-corrected chi connectivity index (χ4v) is 2.12. The van der Waals surface area contributed by atoms with Gasteiger partial charge in [0.15, 0.2) is 5.82 Å². The first-order valence-corrected chi connectivity index (χ1v) is 6.63. The third-order valence-electron chi connectivity index (χ3n) is 2.32. The average molecular weight is 343 g/mol. The first-order chi connectivity index (χ1) is 8.33. The Morgan fingerprint density at radius 1 is 1.35 bits per heavy atom. The lowest BCUT2D eigenvalue weighted by molar-refractivity contribution is 0.632. The first-order valence-electron chi connectivity index (χ1n) is 5.55. The van der Waals surface area contributed by atoms with Crippen LogP contribution in [0.15, 0.2) is 24.3 Å². The van der Waals surface area contributed by atoms with E-state index in [1.54, 1.807) is 4.68 Å². The van der Waals surface area contributed by atoms with Gasteiger partial charge < -0.3 is 5.32 Å². The molecule has 0 atom stereocenters. The summed E-state index contributed by atoms with van der Waals surface area (Å²) in [7, 11) is 0. The number of nitrogens with zero attached hydrogens (tertiary/aromatic N) is 4. The molecule has 0 saturated heterocycles. The molecule has 2 rings (SSSR count). The highest BCUT2D eigenvalue weighted by molar-refractivity contribution is 14.1. The molecule has 0 aliphatic rings. The molecule has 0 bridgehead atoms. The van der Waals surface area contributed by atoms with Crippen LogP contribution >= 0.6 is 22.6 Å². The summed E-state index contributed by atoms with van der Waals surface area (Å²) in [6.07, 6.45) is 1.10. The summed E-state index contributed by atoms with van der Waals surface area (Å²) in [5.74, 6) is 0.836. The monoisotopic (exact) mass is 343 g/mol. The molecule has 0 unspecified atom stereocenters. The van der Waals surface area contributed by atoms with Crippen molar-refractivity contribution in [1.29, 1.82) is 0 Å². The van der Waals surface area contributed by atoms with Crippen molar-refractivity contribution in [3.8, 4) is 5.69 Å². The number of rotatable bonds is 5. The largest absolute Gasteiger partial charge is 0.310 e. The smallest absolute Gasteiger partial charge is 0.170 e. The van der Waals surface area contributed by atoms with Gasteiger partial charge in [0.1, 0.15) is 0 Å². The topological polar surface area (TPSA) is 55.6 Å². The summed E-state index contributed by atoms with van der Waals surface area (Å²) in [6.45, 7) is 3.79. The third kappa shape index (κ3) is 3.01. The van der Waals surface area contributed by atoms with Crippen LogP contribution in [0.5, 0.6) is 0 Å². The van der Waals surface area contributed by atoms with Crippen molar-refractivity contribution in [2.45, 2.75) is 19.9 Å². The molecule has 1 aromatic heterocycles. The molecule has 1 aromatic carbocycles. The molecule has 0 spiro atoms. The van der Waals surface area contributed by atoms with Crippen LogP contribution in [-0.4, -0.2) is 26.8 Å². The minimum Gasteiger partial charge on any atom is -0.310 e. The van der Waals surface area contributed by atoms with Crippen LogP contribution < -0.4 is 5.32 Å². The fraction of sp³-hybridized carbons (Fsp3) is 0.364. The van der Waals surface area contributed by atoms with Crippen molar-refractivity contribution in [1.82, 2.24) is 25.5 Å². The highest BCUT2D eigenvalue weighted by Crippen LogP contribution is 2.16. The fourth-order valence-electron chi connectivity index (χ4n) is 1.50.